The van der Waals surface area contributed by atoms with Gasteiger partial charge in [-0.2, -0.15) is 0 Å². The van der Waals surface area contributed by atoms with E-state index >= 15 is 0 Å². The highest BCUT2D eigenvalue weighted by Gasteiger charge is 2.25. The molecule has 2 amide bonds. The lowest BCUT2D eigenvalue weighted by Gasteiger charge is -2.35. The van der Waals surface area contributed by atoms with Crippen molar-refractivity contribution in [1.82, 2.24) is 15.1 Å². The molecule has 1 heterocycles. The van der Waals surface area contributed by atoms with Gasteiger partial charge >= 0.3 is 11.8 Å². The molecule has 1 aliphatic rings. The first kappa shape index (κ1) is 17.3. The molecule has 0 saturated carbocycles. The van der Waals surface area contributed by atoms with Crippen molar-refractivity contribution in [2.24, 2.45) is 0 Å². The van der Waals surface area contributed by atoms with Crippen LogP contribution in [0.2, 0.25) is 0 Å². The van der Waals surface area contributed by atoms with Gasteiger partial charge < -0.3 is 20.0 Å². The van der Waals surface area contributed by atoms with Crippen LogP contribution in [-0.2, 0) is 9.59 Å². The van der Waals surface area contributed by atoms with E-state index in [1.165, 1.54) is 11.3 Å². The van der Waals surface area contributed by atoms with Crippen LogP contribution < -0.4 is 10.2 Å². The number of amides is 2. The van der Waals surface area contributed by atoms with Crippen LogP contribution in [-0.4, -0.2) is 75.0 Å². The summed E-state index contributed by atoms with van der Waals surface area (Å²) >= 11 is 0. The van der Waals surface area contributed by atoms with Gasteiger partial charge in [0.25, 0.3) is 0 Å². The zero-order valence-electron chi connectivity index (χ0n) is 14.2. The summed E-state index contributed by atoms with van der Waals surface area (Å²) in [5.41, 5.74) is 2.40. The lowest BCUT2D eigenvalue weighted by atomic mass is 10.2. The average Bonchev–Trinajstić information content (AvgIpc) is 2.54. The van der Waals surface area contributed by atoms with E-state index in [9.17, 15) is 9.59 Å². The quantitative estimate of drug-likeness (QED) is 0.813. The van der Waals surface area contributed by atoms with Gasteiger partial charge in [-0.3, -0.25) is 9.59 Å². The number of benzene rings is 1. The van der Waals surface area contributed by atoms with Gasteiger partial charge in [-0.15, -0.1) is 0 Å². The Balaban J connectivity index is 1.81. The molecule has 1 aromatic rings. The fraction of sp³-hybridized carbons (Fsp3) is 0.529. The van der Waals surface area contributed by atoms with Gasteiger partial charge in [-0.05, 0) is 38.7 Å². The molecule has 0 aromatic heterocycles. The minimum atomic E-state index is -0.504. The summed E-state index contributed by atoms with van der Waals surface area (Å²) in [6.45, 7) is 5.93. The second-order valence-electron chi connectivity index (χ2n) is 6.18. The molecule has 1 aromatic carbocycles. The Kier molecular flexibility index (Phi) is 5.98. The average molecular weight is 318 g/mol. The summed E-state index contributed by atoms with van der Waals surface area (Å²) in [5.74, 6) is -0.927. The molecular weight excluding hydrogens is 292 g/mol. The van der Waals surface area contributed by atoms with Gasteiger partial charge in [-0.25, -0.2) is 0 Å². The minimum absolute atomic E-state index is 0.423. The molecule has 23 heavy (non-hydrogen) atoms. The minimum Gasteiger partial charge on any atom is -0.368 e. The predicted octanol–water partition coefficient (Wildman–Crippen LogP) is 0.321. The molecule has 0 unspecified atom stereocenters. The van der Waals surface area contributed by atoms with Crippen LogP contribution in [0.15, 0.2) is 24.3 Å². The SMILES string of the molecule is Cc1cccc(N2CCN(C(=O)C(=O)NCCN(C)C)CC2)c1. The van der Waals surface area contributed by atoms with Crippen LogP contribution in [0.3, 0.4) is 0 Å². The molecule has 6 nitrogen and oxygen atoms in total. The Morgan fingerprint density at radius 2 is 1.87 bits per heavy atom. The van der Waals surface area contributed by atoms with Gasteiger partial charge in [0.2, 0.25) is 0 Å². The van der Waals surface area contributed by atoms with E-state index < -0.39 is 11.8 Å². The number of anilines is 1. The summed E-state index contributed by atoms with van der Waals surface area (Å²) in [6.07, 6.45) is 0. The number of likely N-dealkylation sites (N-methyl/N-ethyl adjacent to an activating group) is 1. The smallest absolute Gasteiger partial charge is 0.312 e. The van der Waals surface area contributed by atoms with Gasteiger partial charge in [0, 0.05) is 45.0 Å². The summed E-state index contributed by atoms with van der Waals surface area (Å²) in [7, 11) is 3.86. The molecule has 1 N–H and O–H groups in total. The van der Waals surface area contributed by atoms with E-state index in [0.717, 1.165) is 19.6 Å². The van der Waals surface area contributed by atoms with Crippen LogP contribution in [0.1, 0.15) is 5.56 Å². The molecular formula is C17H26N4O2. The number of carbonyl (C=O) groups excluding carboxylic acids is 2. The number of nitrogens with zero attached hydrogens (tertiary/aromatic N) is 3. The fourth-order valence-electron chi connectivity index (χ4n) is 2.60. The van der Waals surface area contributed by atoms with Crippen molar-refractivity contribution in [3.8, 4) is 0 Å². The third-order valence-electron chi connectivity index (χ3n) is 3.97. The summed E-state index contributed by atoms with van der Waals surface area (Å²) in [5, 5.41) is 2.68. The Labute approximate surface area is 138 Å². The second-order valence-corrected chi connectivity index (χ2v) is 6.18. The van der Waals surface area contributed by atoms with E-state index in [1.807, 2.05) is 25.1 Å². The molecule has 1 saturated heterocycles. The van der Waals surface area contributed by atoms with Gasteiger partial charge in [0.05, 0.1) is 0 Å². The maximum absolute atomic E-state index is 12.2. The van der Waals surface area contributed by atoms with Crippen LogP contribution in [0.5, 0.6) is 0 Å². The third kappa shape index (κ3) is 4.96. The highest BCUT2D eigenvalue weighted by atomic mass is 16.2. The highest BCUT2D eigenvalue weighted by Crippen LogP contribution is 2.17. The van der Waals surface area contributed by atoms with Crippen molar-refractivity contribution in [3.05, 3.63) is 29.8 Å². The van der Waals surface area contributed by atoms with Crippen molar-refractivity contribution in [3.63, 3.8) is 0 Å². The van der Waals surface area contributed by atoms with E-state index in [2.05, 4.69) is 35.3 Å². The van der Waals surface area contributed by atoms with E-state index in [4.69, 9.17) is 0 Å². The maximum atomic E-state index is 12.2. The van der Waals surface area contributed by atoms with Crippen molar-refractivity contribution in [2.75, 3.05) is 58.3 Å². The number of hydrogen-bond acceptors (Lipinski definition) is 4. The first-order chi connectivity index (χ1) is 11.0. The van der Waals surface area contributed by atoms with Crippen LogP contribution in [0.4, 0.5) is 5.69 Å². The third-order valence-corrected chi connectivity index (χ3v) is 3.97. The molecule has 0 radical (unpaired) electrons. The Morgan fingerprint density at radius 1 is 1.17 bits per heavy atom. The fourth-order valence-corrected chi connectivity index (χ4v) is 2.60. The first-order valence-corrected chi connectivity index (χ1v) is 8.01. The molecule has 1 aliphatic heterocycles. The predicted molar refractivity (Wildman–Crippen MR) is 91.5 cm³/mol. The lowest BCUT2D eigenvalue weighted by molar-refractivity contribution is -0.146. The number of hydrogen-bond donors (Lipinski definition) is 1. The highest BCUT2D eigenvalue weighted by molar-refractivity contribution is 6.35. The van der Waals surface area contributed by atoms with Crippen molar-refractivity contribution >= 4 is 17.5 Å². The van der Waals surface area contributed by atoms with Crippen LogP contribution in [0, 0.1) is 6.92 Å². The number of aryl methyl sites for hydroxylation is 1. The standard InChI is InChI=1S/C17H26N4O2/c1-14-5-4-6-15(13-14)20-9-11-21(12-10-20)17(23)16(22)18-7-8-19(2)3/h4-6,13H,7-12H2,1-3H3,(H,18,22). The Morgan fingerprint density at radius 3 is 2.48 bits per heavy atom. The number of rotatable bonds is 4. The normalized spacial score (nSPS) is 15.0. The first-order valence-electron chi connectivity index (χ1n) is 8.01. The van der Waals surface area contributed by atoms with E-state index in [0.29, 0.717) is 19.6 Å². The van der Waals surface area contributed by atoms with Crippen molar-refractivity contribution < 1.29 is 9.59 Å². The van der Waals surface area contributed by atoms with E-state index in [1.54, 1.807) is 4.90 Å². The molecule has 1 fully saturated rings. The number of nitrogens with one attached hydrogen (secondary N) is 1. The molecule has 0 atom stereocenters. The largest absolute Gasteiger partial charge is 0.368 e. The summed E-state index contributed by atoms with van der Waals surface area (Å²) in [6, 6.07) is 8.34. The summed E-state index contributed by atoms with van der Waals surface area (Å²) < 4.78 is 0. The molecule has 126 valence electrons. The topological polar surface area (TPSA) is 55.9 Å². The van der Waals surface area contributed by atoms with E-state index in [-0.39, 0.29) is 0 Å². The summed E-state index contributed by atoms with van der Waals surface area (Å²) in [4.78, 5) is 29.9. The second kappa shape index (κ2) is 7.97. The van der Waals surface area contributed by atoms with Gasteiger partial charge in [0.1, 0.15) is 0 Å². The number of piperazine rings is 1. The molecule has 0 aliphatic carbocycles. The monoisotopic (exact) mass is 318 g/mol. The number of carbonyl (C=O) groups is 2. The van der Waals surface area contributed by atoms with Crippen LogP contribution >= 0.6 is 0 Å². The lowest BCUT2D eigenvalue weighted by Crippen LogP contribution is -2.53. The van der Waals surface area contributed by atoms with Crippen molar-refractivity contribution in [2.45, 2.75) is 6.92 Å². The molecule has 0 spiro atoms. The molecule has 6 heteroatoms. The molecule has 0 bridgehead atoms. The van der Waals surface area contributed by atoms with Gasteiger partial charge in [0.15, 0.2) is 0 Å². The zero-order chi connectivity index (χ0) is 16.8. The van der Waals surface area contributed by atoms with Crippen molar-refractivity contribution in [1.29, 1.82) is 0 Å². The zero-order valence-corrected chi connectivity index (χ0v) is 14.2. The maximum Gasteiger partial charge on any atom is 0.312 e. The van der Waals surface area contributed by atoms with Crippen LogP contribution in [0.25, 0.3) is 0 Å². The van der Waals surface area contributed by atoms with Gasteiger partial charge in [-0.1, -0.05) is 12.1 Å². The Bertz CT molecular complexity index is 551. The molecule has 2 rings (SSSR count). The Hall–Kier alpha value is -2.08.